The summed E-state index contributed by atoms with van der Waals surface area (Å²) in [5.41, 5.74) is 2.12. The third-order valence-corrected chi connectivity index (χ3v) is 4.02. The predicted molar refractivity (Wildman–Crippen MR) is 90.0 cm³/mol. The summed E-state index contributed by atoms with van der Waals surface area (Å²) in [6.07, 6.45) is 1.66. The van der Waals surface area contributed by atoms with Crippen LogP contribution in [0.2, 0.25) is 0 Å². The van der Waals surface area contributed by atoms with Gasteiger partial charge in [-0.1, -0.05) is 30.3 Å². The highest BCUT2D eigenvalue weighted by molar-refractivity contribution is 5.85. The number of anilines is 1. The van der Waals surface area contributed by atoms with Crippen LogP contribution in [0.3, 0.4) is 0 Å². The van der Waals surface area contributed by atoms with Crippen molar-refractivity contribution >= 4 is 11.9 Å². The second-order valence-corrected chi connectivity index (χ2v) is 5.91. The van der Waals surface area contributed by atoms with Gasteiger partial charge in [0.1, 0.15) is 17.8 Å². The highest BCUT2D eigenvalue weighted by Crippen LogP contribution is 2.18. The average Bonchev–Trinajstić information content (AvgIpc) is 2.59. The van der Waals surface area contributed by atoms with Crippen molar-refractivity contribution in [2.24, 2.45) is 0 Å². The van der Waals surface area contributed by atoms with E-state index in [-0.39, 0.29) is 11.9 Å². The fraction of sp³-hybridized carbons (Fsp3) is 0.333. The van der Waals surface area contributed by atoms with Crippen LogP contribution in [0.25, 0.3) is 0 Å². The summed E-state index contributed by atoms with van der Waals surface area (Å²) in [7, 11) is 0. The summed E-state index contributed by atoms with van der Waals surface area (Å²) in [6.45, 7) is 3.16. The number of carbonyl (C=O) groups is 1. The van der Waals surface area contributed by atoms with Crippen LogP contribution in [0.5, 0.6) is 0 Å². The predicted octanol–water partition coefficient (Wildman–Crippen LogP) is 2.26. The van der Waals surface area contributed by atoms with Crippen LogP contribution in [0.4, 0.5) is 5.95 Å². The maximum Gasteiger partial charge on any atom is 0.245 e. The van der Waals surface area contributed by atoms with Crippen LogP contribution in [0, 0.1) is 18.3 Å². The Balaban J connectivity index is 1.71. The van der Waals surface area contributed by atoms with E-state index in [0.717, 1.165) is 24.9 Å². The number of aryl methyl sites for hydroxylation is 1. The molecule has 1 aromatic carbocycles. The average molecular weight is 321 g/mol. The van der Waals surface area contributed by atoms with Crippen molar-refractivity contribution in [1.82, 2.24) is 14.9 Å². The molecule has 0 saturated carbocycles. The van der Waals surface area contributed by atoms with Crippen LogP contribution < -0.4 is 5.32 Å². The number of likely N-dealkylation sites (tertiary alicyclic amines) is 1. The molecule has 6 nitrogen and oxygen atoms in total. The number of hydrogen-bond donors (Lipinski definition) is 1. The Bertz CT molecular complexity index is 769. The smallest absolute Gasteiger partial charge is 0.245 e. The molecule has 0 spiro atoms. The van der Waals surface area contributed by atoms with E-state index in [1.807, 2.05) is 41.3 Å². The molecule has 122 valence electrons. The van der Waals surface area contributed by atoms with Crippen LogP contribution >= 0.6 is 0 Å². The number of carbonyl (C=O) groups excluding carboxylic acids is 1. The Morgan fingerprint density at radius 3 is 2.88 bits per heavy atom. The van der Waals surface area contributed by atoms with Crippen molar-refractivity contribution in [3.8, 4) is 6.07 Å². The summed E-state index contributed by atoms with van der Waals surface area (Å²) in [6, 6.07) is 13.2. The van der Waals surface area contributed by atoms with Gasteiger partial charge in [0.15, 0.2) is 0 Å². The van der Waals surface area contributed by atoms with Gasteiger partial charge in [0.2, 0.25) is 11.9 Å². The molecule has 3 rings (SSSR count). The van der Waals surface area contributed by atoms with Crippen molar-refractivity contribution < 1.29 is 4.79 Å². The minimum atomic E-state index is -0.351. The Hall–Kier alpha value is -2.94. The van der Waals surface area contributed by atoms with Gasteiger partial charge in [-0.05, 0) is 31.4 Å². The molecule has 1 aromatic heterocycles. The molecule has 1 atom stereocenters. The lowest BCUT2D eigenvalue weighted by Gasteiger charge is -2.32. The summed E-state index contributed by atoms with van der Waals surface area (Å²) < 4.78 is 0. The first-order valence-corrected chi connectivity index (χ1v) is 8.01. The van der Waals surface area contributed by atoms with E-state index in [2.05, 4.69) is 15.3 Å². The molecule has 1 unspecified atom stereocenters. The SMILES string of the molecule is Cc1cc(C#N)nc(NC2CCCN(Cc3ccccc3)C2=O)n1. The second-order valence-electron chi connectivity index (χ2n) is 5.91. The number of nitrogens with zero attached hydrogens (tertiary/aromatic N) is 4. The molecule has 0 bridgehead atoms. The minimum absolute atomic E-state index is 0.0497. The van der Waals surface area contributed by atoms with E-state index in [1.165, 1.54) is 0 Å². The van der Waals surface area contributed by atoms with Gasteiger partial charge in [-0.2, -0.15) is 5.26 Å². The van der Waals surface area contributed by atoms with Crippen LogP contribution in [0.15, 0.2) is 36.4 Å². The molecular formula is C18H19N5O. The fourth-order valence-electron chi connectivity index (χ4n) is 2.88. The molecule has 1 saturated heterocycles. The van der Waals surface area contributed by atoms with Gasteiger partial charge in [-0.3, -0.25) is 4.79 Å². The molecule has 1 aliphatic heterocycles. The summed E-state index contributed by atoms with van der Waals surface area (Å²) in [5.74, 6) is 0.389. The van der Waals surface area contributed by atoms with Crippen LogP contribution in [-0.2, 0) is 11.3 Å². The third-order valence-electron chi connectivity index (χ3n) is 4.02. The fourth-order valence-corrected chi connectivity index (χ4v) is 2.88. The van der Waals surface area contributed by atoms with Gasteiger partial charge in [0.05, 0.1) is 0 Å². The van der Waals surface area contributed by atoms with E-state index in [4.69, 9.17) is 5.26 Å². The molecular weight excluding hydrogens is 302 g/mol. The maximum absolute atomic E-state index is 12.7. The number of rotatable bonds is 4. The van der Waals surface area contributed by atoms with Crippen LogP contribution in [0.1, 0.15) is 29.8 Å². The molecule has 1 amide bonds. The number of nitrogens with one attached hydrogen (secondary N) is 1. The second kappa shape index (κ2) is 7.09. The van der Waals surface area contributed by atoms with Crippen molar-refractivity contribution in [3.63, 3.8) is 0 Å². The van der Waals surface area contributed by atoms with Gasteiger partial charge in [-0.15, -0.1) is 0 Å². The molecule has 24 heavy (non-hydrogen) atoms. The summed E-state index contributed by atoms with van der Waals surface area (Å²) in [4.78, 5) is 23.0. The monoisotopic (exact) mass is 321 g/mol. The number of amides is 1. The number of nitriles is 1. The van der Waals surface area contributed by atoms with E-state index >= 15 is 0 Å². The van der Waals surface area contributed by atoms with Gasteiger partial charge in [0.25, 0.3) is 0 Å². The maximum atomic E-state index is 12.7. The zero-order valence-corrected chi connectivity index (χ0v) is 13.6. The largest absolute Gasteiger partial charge is 0.342 e. The molecule has 1 fully saturated rings. The lowest BCUT2D eigenvalue weighted by atomic mass is 10.0. The van der Waals surface area contributed by atoms with Gasteiger partial charge in [-0.25, -0.2) is 9.97 Å². The molecule has 1 N–H and O–H groups in total. The molecule has 6 heteroatoms. The van der Waals surface area contributed by atoms with Crippen molar-refractivity contribution in [2.45, 2.75) is 32.4 Å². The summed E-state index contributed by atoms with van der Waals surface area (Å²) in [5, 5.41) is 12.1. The first-order chi connectivity index (χ1) is 11.7. The molecule has 1 aliphatic rings. The molecule has 2 aromatic rings. The minimum Gasteiger partial charge on any atom is -0.342 e. The van der Waals surface area contributed by atoms with Gasteiger partial charge < -0.3 is 10.2 Å². The van der Waals surface area contributed by atoms with E-state index in [0.29, 0.717) is 23.9 Å². The van der Waals surface area contributed by atoms with E-state index < -0.39 is 0 Å². The quantitative estimate of drug-likeness (QED) is 0.934. The van der Waals surface area contributed by atoms with Crippen LogP contribution in [-0.4, -0.2) is 33.4 Å². The van der Waals surface area contributed by atoms with Crippen molar-refractivity contribution in [2.75, 3.05) is 11.9 Å². The van der Waals surface area contributed by atoms with Gasteiger partial charge >= 0.3 is 0 Å². The number of hydrogen-bond acceptors (Lipinski definition) is 5. The standard InChI is InChI=1S/C18H19N5O/c1-13-10-15(11-19)21-18(20-13)22-16-8-5-9-23(17(16)24)12-14-6-3-2-4-7-14/h2-4,6-7,10,16H,5,8-9,12H2,1H3,(H,20,21,22). The van der Waals surface area contributed by atoms with Crippen molar-refractivity contribution in [3.05, 3.63) is 53.3 Å². The zero-order chi connectivity index (χ0) is 16.9. The Morgan fingerprint density at radius 2 is 2.12 bits per heavy atom. The first-order valence-electron chi connectivity index (χ1n) is 8.01. The highest BCUT2D eigenvalue weighted by atomic mass is 16.2. The summed E-state index contributed by atoms with van der Waals surface area (Å²) >= 11 is 0. The van der Waals surface area contributed by atoms with Crippen molar-refractivity contribution in [1.29, 1.82) is 5.26 Å². The highest BCUT2D eigenvalue weighted by Gasteiger charge is 2.29. The molecule has 0 radical (unpaired) electrons. The Kier molecular flexibility index (Phi) is 4.71. The molecule has 0 aliphatic carbocycles. The first kappa shape index (κ1) is 15.9. The van der Waals surface area contributed by atoms with E-state index in [9.17, 15) is 4.79 Å². The van der Waals surface area contributed by atoms with Gasteiger partial charge in [0, 0.05) is 18.8 Å². The zero-order valence-electron chi connectivity index (χ0n) is 13.6. The number of aromatic nitrogens is 2. The Labute approximate surface area is 141 Å². The lowest BCUT2D eigenvalue weighted by molar-refractivity contribution is -0.134. The molecule has 2 heterocycles. The number of piperidine rings is 1. The Morgan fingerprint density at radius 1 is 1.33 bits per heavy atom. The third kappa shape index (κ3) is 3.69. The normalized spacial score (nSPS) is 17.4. The topological polar surface area (TPSA) is 81.9 Å². The lowest BCUT2D eigenvalue weighted by Crippen LogP contribution is -2.47. The van der Waals surface area contributed by atoms with E-state index in [1.54, 1.807) is 13.0 Å². The number of benzene rings is 1.